The molecule has 4 nitrogen and oxygen atoms in total. The smallest absolute Gasteiger partial charge is 0.261 e. The molecule has 26 heavy (non-hydrogen) atoms. The van der Waals surface area contributed by atoms with Crippen molar-refractivity contribution in [3.05, 3.63) is 65.5 Å². The minimum Gasteiger partial charge on any atom is -0.261 e. The molecule has 2 aromatic carbocycles. The van der Waals surface area contributed by atoms with E-state index in [1.54, 1.807) is 30.3 Å². The quantitative estimate of drug-likeness (QED) is 0.331. The lowest BCUT2D eigenvalue weighted by Gasteiger charge is -2.12. The normalized spacial score (nSPS) is 12.2. The molecule has 0 saturated carbocycles. The summed E-state index contributed by atoms with van der Waals surface area (Å²) in [5.41, 5.74) is 3.43. The van der Waals surface area contributed by atoms with Crippen molar-refractivity contribution in [1.82, 2.24) is 9.97 Å². The van der Waals surface area contributed by atoms with Gasteiger partial charge in [-0.25, -0.2) is 18.7 Å². The van der Waals surface area contributed by atoms with Gasteiger partial charge in [-0.15, -0.1) is 0 Å². The number of benzene rings is 2. The summed E-state index contributed by atoms with van der Waals surface area (Å²) >= 11 is 17.6. The fourth-order valence-corrected chi connectivity index (χ4v) is 2.53. The van der Waals surface area contributed by atoms with Gasteiger partial charge in [-0.1, -0.05) is 71.2 Å². The Hall–Kier alpha value is -2.02. The van der Waals surface area contributed by atoms with Crippen LogP contribution >= 0.6 is 34.8 Å². The third-order valence-electron chi connectivity index (χ3n) is 3.46. The van der Waals surface area contributed by atoms with Crippen LogP contribution in [0.2, 0.25) is 0 Å². The summed E-state index contributed by atoms with van der Waals surface area (Å²) in [4.78, 5) is 8.39. The number of para-hydroxylation sites is 1. The molecule has 3 aromatic rings. The second-order valence-corrected chi connectivity index (χ2v) is 7.49. The number of alkyl halides is 5. The minimum atomic E-state index is -2.60. The van der Waals surface area contributed by atoms with E-state index >= 15 is 0 Å². The summed E-state index contributed by atoms with van der Waals surface area (Å²) in [6.07, 6.45) is -1.32. The van der Waals surface area contributed by atoms with Crippen LogP contribution in [0, 0.1) is 0 Å². The summed E-state index contributed by atoms with van der Waals surface area (Å²) in [7, 11) is 0. The van der Waals surface area contributed by atoms with Gasteiger partial charge in [0.1, 0.15) is 0 Å². The molecule has 0 atom stereocenters. The molecule has 9 heteroatoms. The Labute approximate surface area is 162 Å². The average Bonchev–Trinajstić information content (AvgIpc) is 2.61. The van der Waals surface area contributed by atoms with Gasteiger partial charge in [-0.3, -0.25) is 5.43 Å². The van der Waals surface area contributed by atoms with Crippen LogP contribution in [0.15, 0.2) is 53.6 Å². The lowest BCUT2D eigenvalue weighted by molar-refractivity contribution is 0.151. The Morgan fingerprint density at radius 1 is 1.00 bits per heavy atom. The molecule has 0 aliphatic heterocycles. The lowest BCUT2D eigenvalue weighted by Crippen LogP contribution is -2.09. The molecule has 0 saturated heterocycles. The maximum absolute atomic E-state index is 13.0. The highest BCUT2D eigenvalue weighted by Crippen LogP contribution is 2.37. The first kappa shape index (κ1) is 18.8. The molecule has 1 N–H and O–H groups in total. The predicted octanol–water partition coefficient (Wildman–Crippen LogP) is 5.84. The van der Waals surface area contributed by atoms with Gasteiger partial charge in [-0.05, 0) is 12.1 Å². The molecule has 134 valence electrons. The fourth-order valence-electron chi connectivity index (χ4n) is 2.28. The highest BCUT2D eigenvalue weighted by molar-refractivity contribution is 6.66. The van der Waals surface area contributed by atoms with Gasteiger partial charge >= 0.3 is 0 Å². The Morgan fingerprint density at radius 3 is 2.42 bits per heavy atom. The maximum atomic E-state index is 13.0. The SMILES string of the molecule is FC(F)c1ccccc1C=NNc1nc(C(Cl)(Cl)Cl)nc2ccccc12. The Kier molecular flexibility index (Phi) is 5.55. The maximum Gasteiger partial charge on any atom is 0.264 e. The minimum absolute atomic E-state index is 0.0214. The Balaban J connectivity index is 1.96. The highest BCUT2D eigenvalue weighted by atomic mass is 35.6. The number of hydrogen-bond acceptors (Lipinski definition) is 4. The van der Waals surface area contributed by atoms with Crippen LogP contribution in [0.25, 0.3) is 10.9 Å². The lowest BCUT2D eigenvalue weighted by atomic mass is 10.1. The molecule has 0 bridgehead atoms. The molecule has 0 aliphatic rings. The molecule has 0 aliphatic carbocycles. The number of hydrazone groups is 1. The molecule has 1 aromatic heterocycles. The predicted molar refractivity (Wildman–Crippen MR) is 101 cm³/mol. The first-order valence-corrected chi connectivity index (χ1v) is 8.50. The molecule has 0 radical (unpaired) electrons. The topological polar surface area (TPSA) is 50.2 Å². The van der Waals surface area contributed by atoms with Crippen molar-refractivity contribution in [2.45, 2.75) is 10.2 Å². The van der Waals surface area contributed by atoms with Gasteiger partial charge in [0.05, 0.1) is 11.7 Å². The van der Waals surface area contributed by atoms with E-state index in [2.05, 4.69) is 20.5 Å². The third kappa shape index (κ3) is 4.20. The van der Waals surface area contributed by atoms with E-state index in [-0.39, 0.29) is 17.0 Å². The van der Waals surface area contributed by atoms with E-state index in [9.17, 15) is 8.78 Å². The molecule has 0 spiro atoms. The molecular weight excluding hydrogens is 405 g/mol. The molecule has 0 fully saturated rings. The zero-order chi connectivity index (χ0) is 18.7. The number of aromatic nitrogens is 2. The number of hydrogen-bond donors (Lipinski definition) is 1. The molecule has 1 heterocycles. The van der Waals surface area contributed by atoms with E-state index < -0.39 is 10.2 Å². The number of anilines is 1. The van der Waals surface area contributed by atoms with Crippen molar-refractivity contribution in [2.75, 3.05) is 5.43 Å². The van der Waals surface area contributed by atoms with Gasteiger partial charge in [-0.2, -0.15) is 5.10 Å². The highest BCUT2D eigenvalue weighted by Gasteiger charge is 2.28. The van der Waals surface area contributed by atoms with Crippen molar-refractivity contribution < 1.29 is 8.78 Å². The molecule has 0 unspecified atom stereocenters. The summed E-state index contributed by atoms with van der Waals surface area (Å²) in [6, 6.07) is 13.1. The van der Waals surface area contributed by atoms with E-state index in [4.69, 9.17) is 34.8 Å². The molecular formula is C17H11Cl3F2N4. The van der Waals surface area contributed by atoms with Gasteiger partial charge in [0.15, 0.2) is 11.6 Å². The van der Waals surface area contributed by atoms with Crippen LogP contribution in [0.1, 0.15) is 23.4 Å². The van der Waals surface area contributed by atoms with Crippen molar-refractivity contribution >= 4 is 57.7 Å². The number of fused-ring (bicyclic) bond motifs is 1. The number of halogens is 5. The third-order valence-corrected chi connectivity index (χ3v) is 3.97. The van der Waals surface area contributed by atoms with Crippen LogP contribution in [0.5, 0.6) is 0 Å². The first-order chi connectivity index (χ1) is 12.4. The van der Waals surface area contributed by atoms with Gasteiger partial charge in [0.25, 0.3) is 6.43 Å². The van der Waals surface area contributed by atoms with E-state index in [0.717, 1.165) is 0 Å². The largest absolute Gasteiger partial charge is 0.264 e. The number of nitrogens with zero attached hydrogens (tertiary/aromatic N) is 3. The summed E-state index contributed by atoms with van der Waals surface area (Å²) in [5.74, 6) is 0.273. The molecule has 3 rings (SSSR count). The van der Waals surface area contributed by atoms with Crippen molar-refractivity contribution in [3.63, 3.8) is 0 Å². The van der Waals surface area contributed by atoms with Crippen LogP contribution in [0.3, 0.4) is 0 Å². The van der Waals surface area contributed by atoms with Gasteiger partial charge < -0.3 is 0 Å². The van der Waals surface area contributed by atoms with Crippen molar-refractivity contribution in [2.24, 2.45) is 5.10 Å². The average molecular weight is 416 g/mol. The van der Waals surface area contributed by atoms with E-state index in [1.807, 2.05) is 0 Å². The summed E-state index contributed by atoms with van der Waals surface area (Å²) < 4.78 is 24.2. The second-order valence-electron chi connectivity index (χ2n) is 5.21. The van der Waals surface area contributed by atoms with Crippen LogP contribution in [-0.4, -0.2) is 16.2 Å². The number of nitrogens with one attached hydrogen (secondary N) is 1. The van der Waals surface area contributed by atoms with E-state index in [0.29, 0.717) is 16.7 Å². The monoisotopic (exact) mass is 414 g/mol. The fraction of sp³-hybridized carbons (Fsp3) is 0.118. The van der Waals surface area contributed by atoms with Crippen LogP contribution < -0.4 is 5.43 Å². The summed E-state index contributed by atoms with van der Waals surface area (Å²) in [6.45, 7) is 0. The van der Waals surface area contributed by atoms with Gasteiger partial charge in [0, 0.05) is 16.5 Å². The van der Waals surface area contributed by atoms with E-state index in [1.165, 1.54) is 24.4 Å². The number of rotatable bonds is 4. The Morgan fingerprint density at radius 2 is 1.69 bits per heavy atom. The zero-order valence-corrected chi connectivity index (χ0v) is 15.3. The molecule has 0 amide bonds. The standard InChI is InChI=1S/C17H11Cl3F2N4/c18-17(19,20)16-24-13-8-4-3-7-12(13)15(25-16)26-23-9-10-5-1-2-6-11(10)14(21)22/h1-9,14H,(H,24,25,26). The van der Waals surface area contributed by atoms with Crippen molar-refractivity contribution in [3.8, 4) is 0 Å². The Bertz CT molecular complexity index is 958. The zero-order valence-electron chi connectivity index (χ0n) is 13.0. The van der Waals surface area contributed by atoms with Crippen molar-refractivity contribution in [1.29, 1.82) is 0 Å². The van der Waals surface area contributed by atoms with Gasteiger partial charge in [0.2, 0.25) is 3.79 Å². The summed E-state index contributed by atoms with van der Waals surface area (Å²) in [5, 5.41) is 4.64. The first-order valence-electron chi connectivity index (χ1n) is 7.36. The van der Waals surface area contributed by atoms with Crippen LogP contribution in [-0.2, 0) is 3.79 Å². The second kappa shape index (κ2) is 7.70. The van der Waals surface area contributed by atoms with Crippen LogP contribution in [0.4, 0.5) is 14.6 Å².